The van der Waals surface area contributed by atoms with Crippen LogP contribution in [-0.4, -0.2) is 37.4 Å². The van der Waals surface area contributed by atoms with E-state index in [9.17, 15) is 4.79 Å². The SMILES string of the molecule is CCn1nc(C)c(CN(C)C(=O)c2cccc(Cn3cccn3)c2)c1C. The average molecular weight is 351 g/mol. The molecule has 6 heteroatoms. The van der Waals surface area contributed by atoms with Gasteiger partial charge in [-0.3, -0.25) is 14.2 Å². The van der Waals surface area contributed by atoms with Crippen molar-refractivity contribution in [3.63, 3.8) is 0 Å². The van der Waals surface area contributed by atoms with Gasteiger partial charge in [0.05, 0.1) is 12.2 Å². The van der Waals surface area contributed by atoms with Crippen LogP contribution in [0, 0.1) is 13.8 Å². The molecule has 3 rings (SSSR count). The fourth-order valence-electron chi connectivity index (χ4n) is 3.18. The summed E-state index contributed by atoms with van der Waals surface area (Å²) in [4.78, 5) is 14.6. The molecule has 136 valence electrons. The summed E-state index contributed by atoms with van der Waals surface area (Å²) in [7, 11) is 1.84. The van der Waals surface area contributed by atoms with E-state index in [2.05, 4.69) is 24.0 Å². The molecule has 0 aliphatic rings. The highest BCUT2D eigenvalue weighted by molar-refractivity contribution is 5.94. The lowest BCUT2D eigenvalue weighted by atomic mass is 10.1. The summed E-state index contributed by atoms with van der Waals surface area (Å²) in [6.45, 7) is 8.17. The van der Waals surface area contributed by atoms with Crippen molar-refractivity contribution in [3.8, 4) is 0 Å². The Balaban J connectivity index is 1.75. The van der Waals surface area contributed by atoms with Crippen LogP contribution in [0.2, 0.25) is 0 Å². The normalized spacial score (nSPS) is 10.9. The minimum Gasteiger partial charge on any atom is -0.337 e. The molecule has 0 atom stereocenters. The molecule has 0 spiro atoms. The lowest BCUT2D eigenvalue weighted by Gasteiger charge is -2.18. The Morgan fingerprint density at radius 3 is 2.69 bits per heavy atom. The van der Waals surface area contributed by atoms with Gasteiger partial charge in [0, 0.05) is 49.4 Å². The number of aryl methyl sites for hydroxylation is 2. The molecule has 6 nitrogen and oxygen atoms in total. The van der Waals surface area contributed by atoms with E-state index in [0.29, 0.717) is 18.7 Å². The number of rotatable bonds is 6. The predicted octanol–water partition coefficient (Wildman–Crippen LogP) is 3.04. The van der Waals surface area contributed by atoms with Crippen molar-refractivity contribution in [2.75, 3.05) is 7.05 Å². The molecule has 0 saturated carbocycles. The Morgan fingerprint density at radius 2 is 2.04 bits per heavy atom. The number of carbonyl (C=O) groups is 1. The molecular formula is C20H25N5O. The second kappa shape index (κ2) is 7.56. The number of carbonyl (C=O) groups excluding carboxylic acids is 1. The van der Waals surface area contributed by atoms with E-state index in [-0.39, 0.29) is 5.91 Å². The first-order valence-corrected chi connectivity index (χ1v) is 8.84. The predicted molar refractivity (Wildman–Crippen MR) is 101 cm³/mol. The van der Waals surface area contributed by atoms with E-state index >= 15 is 0 Å². The zero-order valence-corrected chi connectivity index (χ0v) is 15.8. The molecule has 1 aromatic carbocycles. The van der Waals surface area contributed by atoms with Gasteiger partial charge in [0.25, 0.3) is 5.91 Å². The monoisotopic (exact) mass is 351 g/mol. The molecule has 1 amide bonds. The van der Waals surface area contributed by atoms with Gasteiger partial charge < -0.3 is 4.90 Å². The van der Waals surface area contributed by atoms with Crippen LogP contribution in [0.4, 0.5) is 0 Å². The second-order valence-electron chi connectivity index (χ2n) is 6.53. The van der Waals surface area contributed by atoms with Gasteiger partial charge in [0.1, 0.15) is 0 Å². The molecule has 0 aliphatic carbocycles. The van der Waals surface area contributed by atoms with E-state index in [1.54, 1.807) is 11.1 Å². The first kappa shape index (κ1) is 17.9. The van der Waals surface area contributed by atoms with Crippen LogP contribution in [0.3, 0.4) is 0 Å². The minimum atomic E-state index is 0.00960. The largest absolute Gasteiger partial charge is 0.337 e. The Labute approximate surface area is 154 Å². The third kappa shape index (κ3) is 3.69. The van der Waals surface area contributed by atoms with Gasteiger partial charge in [-0.15, -0.1) is 0 Å². The van der Waals surface area contributed by atoms with Gasteiger partial charge in [0.2, 0.25) is 0 Å². The Bertz CT molecular complexity index is 895. The second-order valence-corrected chi connectivity index (χ2v) is 6.53. The molecule has 0 saturated heterocycles. The zero-order chi connectivity index (χ0) is 18.7. The van der Waals surface area contributed by atoms with Crippen molar-refractivity contribution in [1.82, 2.24) is 24.5 Å². The topological polar surface area (TPSA) is 56.0 Å². The van der Waals surface area contributed by atoms with E-state index in [1.807, 2.05) is 59.9 Å². The third-order valence-corrected chi connectivity index (χ3v) is 4.65. The maximum absolute atomic E-state index is 12.9. The quantitative estimate of drug-likeness (QED) is 0.686. The first-order valence-electron chi connectivity index (χ1n) is 8.84. The molecule has 0 N–H and O–H groups in total. The summed E-state index contributed by atoms with van der Waals surface area (Å²) < 4.78 is 3.83. The lowest BCUT2D eigenvalue weighted by Crippen LogP contribution is -2.26. The first-order chi connectivity index (χ1) is 12.5. The van der Waals surface area contributed by atoms with Crippen LogP contribution < -0.4 is 0 Å². The summed E-state index contributed by atoms with van der Waals surface area (Å²) in [5.74, 6) is 0.00960. The van der Waals surface area contributed by atoms with Gasteiger partial charge in [-0.05, 0) is 44.5 Å². The number of benzene rings is 1. The number of amides is 1. The highest BCUT2D eigenvalue weighted by Gasteiger charge is 2.17. The van der Waals surface area contributed by atoms with Crippen LogP contribution in [-0.2, 0) is 19.6 Å². The summed E-state index contributed by atoms with van der Waals surface area (Å²) in [6.07, 6.45) is 3.67. The van der Waals surface area contributed by atoms with Crippen LogP contribution in [0.25, 0.3) is 0 Å². The average Bonchev–Trinajstić information content (AvgIpc) is 3.24. The molecule has 0 unspecified atom stereocenters. The van der Waals surface area contributed by atoms with E-state index in [0.717, 1.165) is 29.1 Å². The highest BCUT2D eigenvalue weighted by atomic mass is 16.2. The van der Waals surface area contributed by atoms with Gasteiger partial charge >= 0.3 is 0 Å². The fourth-order valence-corrected chi connectivity index (χ4v) is 3.18. The third-order valence-electron chi connectivity index (χ3n) is 4.65. The van der Waals surface area contributed by atoms with Gasteiger partial charge in [-0.25, -0.2) is 0 Å². The maximum Gasteiger partial charge on any atom is 0.253 e. The van der Waals surface area contributed by atoms with Gasteiger partial charge in [-0.1, -0.05) is 12.1 Å². The molecule has 26 heavy (non-hydrogen) atoms. The highest BCUT2D eigenvalue weighted by Crippen LogP contribution is 2.17. The standard InChI is InChI=1S/C20H25N5O/c1-5-25-16(3)19(15(2)22-25)14-23(4)20(26)18-9-6-8-17(12-18)13-24-11-7-10-21-24/h6-12H,5,13-14H2,1-4H3. The summed E-state index contributed by atoms with van der Waals surface area (Å²) >= 11 is 0. The summed E-state index contributed by atoms with van der Waals surface area (Å²) in [5, 5.41) is 8.76. The van der Waals surface area contributed by atoms with Crippen molar-refractivity contribution >= 4 is 5.91 Å². The number of nitrogens with zero attached hydrogens (tertiary/aromatic N) is 5. The van der Waals surface area contributed by atoms with E-state index < -0.39 is 0 Å². The number of hydrogen-bond acceptors (Lipinski definition) is 3. The Morgan fingerprint density at radius 1 is 1.23 bits per heavy atom. The summed E-state index contributed by atoms with van der Waals surface area (Å²) in [5.41, 5.74) is 4.97. The van der Waals surface area contributed by atoms with Crippen molar-refractivity contribution in [3.05, 3.63) is 70.8 Å². The fraction of sp³-hybridized carbons (Fsp3) is 0.350. The smallest absolute Gasteiger partial charge is 0.253 e. The van der Waals surface area contributed by atoms with Gasteiger partial charge in [0.15, 0.2) is 0 Å². The number of hydrogen-bond donors (Lipinski definition) is 0. The van der Waals surface area contributed by atoms with Crippen LogP contribution >= 0.6 is 0 Å². The van der Waals surface area contributed by atoms with Crippen molar-refractivity contribution < 1.29 is 4.79 Å². The van der Waals surface area contributed by atoms with Gasteiger partial charge in [-0.2, -0.15) is 10.2 Å². The molecular weight excluding hydrogens is 326 g/mol. The van der Waals surface area contributed by atoms with E-state index in [1.165, 1.54) is 0 Å². The lowest BCUT2D eigenvalue weighted by molar-refractivity contribution is 0.0784. The molecule has 2 heterocycles. The van der Waals surface area contributed by atoms with Crippen LogP contribution in [0.15, 0.2) is 42.7 Å². The molecule has 2 aromatic heterocycles. The van der Waals surface area contributed by atoms with Crippen molar-refractivity contribution in [2.24, 2.45) is 0 Å². The molecule has 0 aliphatic heterocycles. The maximum atomic E-state index is 12.9. The van der Waals surface area contributed by atoms with Crippen LogP contribution in [0.1, 0.15) is 39.8 Å². The molecule has 3 aromatic rings. The molecule has 0 bridgehead atoms. The van der Waals surface area contributed by atoms with Crippen molar-refractivity contribution in [2.45, 2.75) is 40.4 Å². The van der Waals surface area contributed by atoms with Crippen LogP contribution in [0.5, 0.6) is 0 Å². The molecule has 0 radical (unpaired) electrons. The summed E-state index contributed by atoms with van der Waals surface area (Å²) in [6, 6.07) is 9.63. The minimum absolute atomic E-state index is 0.00960. The van der Waals surface area contributed by atoms with Crippen molar-refractivity contribution in [1.29, 1.82) is 0 Å². The Hall–Kier alpha value is -2.89. The zero-order valence-electron chi connectivity index (χ0n) is 15.8. The van der Waals surface area contributed by atoms with E-state index in [4.69, 9.17) is 0 Å². The number of aromatic nitrogens is 4. The Kier molecular flexibility index (Phi) is 5.21. The molecule has 0 fully saturated rings.